The van der Waals surface area contributed by atoms with Crippen LogP contribution < -0.4 is 9.47 Å². The predicted molar refractivity (Wildman–Crippen MR) is 575 cm³/mol. The van der Waals surface area contributed by atoms with E-state index in [2.05, 4.69) is 196 Å². The Kier molecular flexibility index (Phi) is 35.9. The number of phenols is 1. The van der Waals surface area contributed by atoms with Crippen LogP contribution in [0.5, 0.6) is 17.2 Å². The first-order valence-corrected chi connectivity index (χ1v) is 73.3. The summed E-state index contributed by atoms with van der Waals surface area (Å²) in [5.74, 6) is 2.43. The number of H-pyrrole nitrogens is 2. The maximum absolute atomic E-state index is 15.7. The number of hydrogen-bond acceptors (Lipinski definition) is 18. The molecule has 0 atom stereocenters. The van der Waals surface area contributed by atoms with Gasteiger partial charge in [0.2, 0.25) is 0 Å². The number of imidazole rings is 3. The van der Waals surface area contributed by atoms with Crippen molar-refractivity contribution in [3.8, 4) is 85.2 Å². The van der Waals surface area contributed by atoms with E-state index in [9.17, 15) is 14.3 Å². The Morgan fingerprint density at radius 2 is 0.843 bits per heavy atom. The zero-order chi connectivity index (χ0) is 100. The monoisotopic (exact) mass is 2020 g/mol. The normalized spacial score (nSPS) is 16.7. The minimum Gasteiger partial charge on any atom is -0.505 e. The van der Waals surface area contributed by atoms with Crippen LogP contribution in [0.2, 0.25) is 154 Å². The van der Waals surface area contributed by atoms with Crippen molar-refractivity contribution < 1.29 is 61.0 Å². The average Bonchev–Trinajstić information content (AvgIpc) is 1.60. The molecule has 0 amide bonds. The van der Waals surface area contributed by atoms with Crippen molar-refractivity contribution >= 4 is 87.4 Å². The van der Waals surface area contributed by atoms with E-state index in [0.717, 1.165) is 204 Å². The molecule has 140 heavy (non-hydrogen) atoms. The fourth-order valence-corrected chi connectivity index (χ4v) is 23.4. The maximum atomic E-state index is 15.7. The van der Waals surface area contributed by atoms with Crippen LogP contribution >= 0.6 is 0 Å². The smallest absolute Gasteiger partial charge is 0.189 e. The van der Waals surface area contributed by atoms with Gasteiger partial charge in [0.05, 0.1) is 28.4 Å². The Labute approximate surface area is 833 Å². The molecule has 2 aliphatic carbocycles. The average molecular weight is 2020 g/mol. The summed E-state index contributed by atoms with van der Waals surface area (Å²) in [5, 5.41) is 30.4. The summed E-state index contributed by atoms with van der Waals surface area (Å²) in [7, 11) is -7.53. The van der Waals surface area contributed by atoms with Crippen LogP contribution in [0.4, 0.5) is 13.2 Å². The van der Waals surface area contributed by atoms with Crippen molar-refractivity contribution in [3.63, 3.8) is 0 Å². The van der Waals surface area contributed by atoms with Gasteiger partial charge in [0.25, 0.3) is 0 Å². The first-order chi connectivity index (χ1) is 66.5. The summed E-state index contributed by atoms with van der Waals surface area (Å²) in [4.78, 5) is 35.1. The number of carbonyl (C=O) groups is 1. The highest BCUT2D eigenvalue weighted by atomic mass is 28.3. The lowest BCUT2D eigenvalue weighted by Crippen LogP contribution is -2.47. The van der Waals surface area contributed by atoms with Gasteiger partial charge in [0, 0.05) is 161 Å². The van der Waals surface area contributed by atoms with Crippen molar-refractivity contribution in [2.24, 2.45) is 11.8 Å². The molecular weight excluding hydrogens is 1870 g/mol. The Bertz CT molecular complexity index is 6160. The van der Waals surface area contributed by atoms with E-state index in [1.807, 2.05) is 69.5 Å². The van der Waals surface area contributed by atoms with E-state index in [4.69, 9.17) is 53.1 Å². The third kappa shape index (κ3) is 29.1. The van der Waals surface area contributed by atoms with Gasteiger partial charge in [0.15, 0.2) is 72.0 Å². The van der Waals surface area contributed by atoms with Crippen LogP contribution in [0.15, 0.2) is 110 Å². The standard InChI is InChI=1S/C44H70FN5O4Si3.C37H57FN4O5Si3.C26H28FN5O/c1-11-34-25-42(54-32-53-20-23-57(8,9)10)40(45)26-39(34)35-14-17-38-41(24-35)50(31-52-19-22-56(5,6)7)47-43(38)44-46-36(28-48-27-33-12-15-37(48)16-13-33)29-49(44)30-51-18-21-55(2,3)4;1-11-28-21-35(47-27-46-16-19-50(8,9)10)33(38)22-32(28)29-12-13-31-34(20-29)42(26-45-15-18-49(5,6)7)40-36(31)37-39-30(24-43)23-41(37)25-44-14-17-48(2,3)4;1-2-16-10-24(33)22(27)11-21(16)17-5-8-20-23(9-17)30-31-25(20)26-28-12-18(29-26)14-32-13-15-3-6-19(32)7-4-15/h14,17,24-26,29,33,37H,11-13,15-16,18-23,27-28,30-32H2,1-10H3;12-13,20-24H,11,14-19,25-27H2,1-10H3;5,8-12,15,19,33H,2-4,6-7,13-14H2,1H3,(H,28,29)(H,30,31). The Balaban J connectivity index is 0.000000172. The van der Waals surface area contributed by atoms with Crippen LogP contribution in [-0.2, 0) is 87.7 Å². The number of halogens is 3. The molecule has 4 saturated heterocycles. The van der Waals surface area contributed by atoms with Gasteiger partial charge < -0.3 is 57.1 Å². The number of aryl methyl sites for hydroxylation is 3. The number of nitrogens with zero attached hydrogens (tertiary/aromatic N) is 12. The van der Waals surface area contributed by atoms with E-state index in [0.29, 0.717) is 88.6 Å². The predicted octanol–water partition coefficient (Wildman–Crippen LogP) is 25.8. The van der Waals surface area contributed by atoms with Crippen molar-refractivity contribution in [2.45, 2.75) is 298 Å². The Hall–Kier alpha value is -8.80. The summed E-state index contributed by atoms with van der Waals surface area (Å²) in [6.45, 7) is 57.4. The molecule has 6 aliphatic rings. The Morgan fingerprint density at radius 3 is 1.27 bits per heavy atom. The largest absolute Gasteiger partial charge is 0.505 e. The molecule has 3 N–H and O–H groups in total. The van der Waals surface area contributed by atoms with E-state index in [1.54, 1.807) is 24.4 Å². The zero-order valence-corrected chi connectivity index (χ0v) is 93.2. The highest BCUT2D eigenvalue weighted by Gasteiger charge is 2.37. The fourth-order valence-electron chi connectivity index (χ4n) is 18.8. The van der Waals surface area contributed by atoms with Crippen LogP contribution in [0.1, 0.15) is 111 Å². The lowest BCUT2D eigenvalue weighted by atomic mass is 9.80. The highest BCUT2D eigenvalue weighted by Crippen LogP contribution is 2.43. The number of aromatic amines is 2. The molecule has 4 aliphatic heterocycles. The number of hydrogen-bond donors (Lipinski definition) is 3. The van der Waals surface area contributed by atoms with Crippen molar-refractivity contribution in [2.75, 3.05) is 66.3 Å². The van der Waals surface area contributed by atoms with Crippen LogP contribution in [0, 0.1) is 29.3 Å². The van der Waals surface area contributed by atoms with Crippen molar-refractivity contribution in [3.05, 3.63) is 161 Å². The minimum absolute atomic E-state index is 0.0143. The third-order valence-corrected chi connectivity index (χ3v) is 37.7. The zero-order valence-electron chi connectivity index (χ0n) is 87.2. The molecule has 33 heteroatoms. The summed E-state index contributed by atoms with van der Waals surface area (Å²) in [5.41, 5.74) is 15.3. The number of carbonyl (C=O) groups excluding carboxylic acids is 1. The topological polar surface area (TPSA) is 246 Å². The second-order valence-corrected chi connectivity index (χ2v) is 80.0. The number of fused-ring (bicyclic) bond motifs is 9. The highest BCUT2D eigenvalue weighted by molar-refractivity contribution is 6.78. The molecule has 4 bridgehead atoms. The van der Waals surface area contributed by atoms with E-state index in [1.165, 1.54) is 70.0 Å². The molecule has 6 fully saturated rings. The number of benzene rings is 6. The minimum atomic E-state index is -1.29. The summed E-state index contributed by atoms with van der Waals surface area (Å²) in [6.07, 6.45) is 19.4. The first kappa shape index (κ1) is 107. The van der Waals surface area contributed by atoms with Crippen LogP contribution in [0.25, 0.3) is 101 Å². The quantitative estimate of drug-likeness (QED) is 0.0139. The molecule has 2 saturated carbocycles. The van der Waals surface area contributed by atoms with Gasteiger partial charge in [-0.3, -0.25) is 19.7 Å². The van der Waals surface area contributed by atoms with E-state index < -0.39 is 65.9 Å². The molecular formula is C107H155F3N14O10Si6. The van der Waals surface area contributed by atoms with E-state index >= 15 is 8.78 Å². The number of aromatic nitrogens is 12. The first-order valence-electron chi connectivity index (χ1n) is 51.0. The molecule has 10 heterocycles. The van der Waals surface area contributed by atoms with Crippen molar-refractivity contribution in [1.29, 1.82) is 0 Å². The van der Waals surface area contributed by atoms with Crippen LogP contribution in [-0.4, -0.2) is 207 Å². The molecule has 0 unspecified atom stereocenters. The van der Waals surface area contributed by atoms with Gasteiger partial charge in [-0.1, -0.05) is 157 Å². The second kappa shape index (κ2) is 46.9. The number of nitrogens with one attached hydrogen (secondary N) is 2. The molecule has 24 nitrogen and oxygen atoms in total. The Morgan fingerprint density at radius 1 is 0.443 bits per heavy atom. The SMILES string of the molecule is CCc1cc(O)c(F)cc1-c1ccc2c(-c3ncc(CN4CC5CCC4CC5)[nH]3)n[nH]c2c1.CCc1cc(OCOCC[Si](C)(C)C)c(F)cc1-c1ccc2c(-c3nc(C=O)cn3COCC[Si](C)(C)C)nn(COCC[Si](C)(C)C)c2c1.CCc1cc(OCOCC[Si](C)(C)C)c(F)cc1-c1ccc2c(-c3nc(CN4CC5CCC4CC5)cn3COCC[Si](C)(C)C)nn(COCC[Si](C)(C)C)c2c1. The molecule has 758 valence electrons. The number of rotatable bonds is 46. The van der Waals surface area contributed by atoms with Gasteiger partial charge in [-0.05, 0) is 242 Å². The van der Waals surface area contributed by atoms with Gasteiger partial charge in [0.1, 0.15) is 49.7 Å². The molecule has 18 rings (SSSR count). The number of aromatic hydroxyl groups is 1. The van der Waals surface area contributed by atoms with Gasteiger partial charge in [-0.2, -0.15) is 15.3 Å². The summed E-state index contributed by atoms with van der Waals surface area (Å²) in [6, 6.07) is 35.6. The molecule has 12 aromatic rings. The molecule has 6 aromatic carbocycles. The summed E-state index contributed by atoms with van der Waals surface area (Å²) < 4.78 is 101. The number of phenolic OH excluding ortho intramolecular Hbond substituents is 1. The fraction of sp³-hybridized carbons (Fsp3) is 0.542. The number of ether oxygens (including phenoxy) is 8. The number of aldehydes is 1. The molecule has 0 radical (unpaired) electrons. The maximum Gasteiger partial charge on any atom is 0.189 e. The van der Waals surface area contributed by atoms with Crippen LogP contribution in [0.3, 0.4) is 0 Å². The second-order valence-electron chi connectivity index (χ2n) is 46.3. The number of piperidine rings is 4. The summed E-state index contributed by atoms with van der Waals surface area (Å²) >= 11 is 0. The molecule has 0 spiro atoms. The lowest BCUT2D eigenvalue weighted by molar-refractivity contribution is 0.0195. The van der Waals surface area contributed by atoms with Gasteiger partial charge in [-0.25, -0.2) is 37.5 Å². The van der Waals surface area contributed by atoms with Crippen molar-refractivity contribution in [1.82, 2.24) is 68.6 Å². The molecule has 6 aromatic heterocycles. The lowest BCUT2D eigenvalue weighted by Gasteiger charge is -2.45. The van der Waals surface area contributed by atoms with E-state index in [-0.39, 0.29) is 44.3 Å². The van der Waals surface area contributed by atoms with Gasteiger partial charge >= 0.3 is 0 Å². The third-order valence-electron chi connectivity index (χ3n) is 27.5. The van der Waals surface area contributed by atoms with Gasteiger partial charge in [-0.15, -0.1) is 0 Å².